The Morgan fingerprint density at radius 3 is 2.36 bits per heavy atom. The van der Waals surface area contributed by atoms with Gasteiger partial charge in [0.2, 0.25) is 10.0 Å². The summed E-state index contributed by atoms with van der Waals surface area (Å²) in [4.78, 5) is -0.00172. The molecule has 0 atom stereocenters. The van der Waals surface area contributed by atoms with Crippen LogP contribution < -0.4 is 19.9 Å². The molecule has 3 N–H and O–H groups in total. The highest BCUT2D eigenvalue weighted by atomic mass is 35.5. The van der Waals surface area contributed by atoms with Crippen molar-refractivity contribution in [1.29, 1.82) is 0 Å². The normalized spacial score (nSPS) is 20.1. The number of benzene rings is 1. The number of nitrogens with one attached hydrogen (secondary N) is 1. The van der Waals surface area contributed by atoms with E-state index in [9.17, 15) is 8.42 Å². The van der Waals surface area contributed by atoms with Crippen molar-refractivity contribution in [3.8, 4) is 11.5 Å². The van der Waals surface area contributed by atoms with Gasteiger partial charge in [0.1, 0.15) is 18.1 Å². The maximum Gasteiger partial charge on any atom is 0.242 e. The van der Waals surface area contributed by atoms with Crippen molar-refractivity contribution in [2.75, 3.05) is 19.8 Å². The summed E-state index contributed by atoms with van der Waals surface area (Å²) in [6.45, 7) is 1.08. The van der Waals surface area contributed by atoms with Crippen molar-refractivity contribution in [2.24, 2.45) is 5.73 Å². The Labute approximate surface area is 135 Å². The van der Waals surface area contributed by atoms with Crippen LogP contribution in [0.15, 0.2) is 17.0 Å². The fourth-order valence-electron chi connectivity index (χ4n) is 2.99. The first kappa shape index (κ1) is 15.9. The molecule has 1 aromatic carbocycles. The van der Waals surface area contributed by atoms with Crippen LogP contribution in [-0.4, -0.2) is 33.7 Å². The van der Waals surface area contributed by atoms with Gasteiger partial charge in [-0.25, -0.2) is 13.1 Å². The number of rotatable bonds is 4. The molecule has 0 radical (unpaired) electrons. The van der Waals surface area contributed by atoms with Crippen LogP contribution in [0.1, 0.15) is 25.7 Å². The number of fused-ring (bicyclic) bond motifs is 1. The van der Waals surface area contributed by atoms with E-state index in [1.165, 1.54) is 12.1 Å². The molecule has 0 spiro atoms. The van der Waals surface area contributed by atoms with Gasteiger partial charge in [0.05, 0.1) is 5.02 Å². The van der Waals surface area contributed by atoms with E-state index in [0.717, 1.165) is 25.7 Å². The smallest absolute Gasteiger partial charge is 0.242 e. The molecule has 0 aromatic heterocycles. The third kappa shape index (κ3) is 2.90. The lowest BCUT2D eigenvalue weighted by atomic mass is 10.0. The molecule has 0 bridgehead atoms. The molecular formula is C14H19ClN2O4S. The first-order chi connectivity index (χ1) is 10.5. The minimum absolute atomic E-state index is 0.00172. The molecule has 1 saturated carbocycles. The summed E-state index contributed by atoms with van der Waals surface area (Å²) in [5, 5.41) is 0.113. The van der Waals surface area contributed by atoms with Crippen LogP contribution in [0.2, 0.25) is 5.02 Å². The van der Waals surface area contributed by atoms with Crippen molar-refractivity contribution in [3.63, 3.8) is 0 Å². The van der Waals surface area contributed by atoms with E-state index in [1.807, 2.05) is 0 Å². The number of nitrogens with two attached hydrogens (primary N) is 1. The molecular weight excluding hydrogens is 328 g/mol. The number of halogens is 1. The second-order valence-electron chi connectivity index (χ2n) is 5.72. The molecule has 22 heavy (non-hydrogen) atoms. The quantitative estimate of drug-likeness (QED) is 0.865. The zero-order valence-corrected chi connectivity index (χ0v) is 13.7. The average Bonchev–Trinajstić information content (AvgIpc) is 2.94. The van der Waals surface area contributed by atoms with E-state index in [1.54, 1.807) is 0 Å². The molecule has 1 fully saturated rings. The Morgan fingerprint density at radius 1 is 1.18 bits per heavy atom. The van der Waals surface area contributed by atoms with Crippen LogP contribution in [0.3, 0.4) is 0 Å². The molecule has 3 rings (SSSR count). The third-order valence-corrected chi connectivity index (χ3v) is 6.23. The van der Waals surface area contributed by atoms with E-state index in [0.29, 0.717) is 24.7 Å². The summed E-state index contributed by atoms with van der Waals surface area (Å²) >= 11 is 6.13. The molecule has 0 unspecified atom stereocenters. The highest BCUT2D eigenvalue weighted by molar-refractivity contribution is 7.89. The third-order valence-electron chi connectivity index (χ3n) is 4.19. The first-order valence-corrected chi connectivity index (χ1v) is 9.15. The van der Waals surface area contributed by atoms with Crippen molar-refractivity contribution < 1.29 is 17.9 Å². The van der Waals surface area contributed by atoms with Crippen LogP contribution in [0.4, 0.5) is 0 Å². The topological polar surface area (TPSA) is 90.7 Å². The predicted molar refractivity (Wildman–Crippen MR) is 83.0 cm³/mol. The number of hydrogen-bond donors (Lipinski definition) is 2. The maximum absolute atomic E-state index is 12.7. The lowest BCUT2D eigenvalue weighted by Gasteiger charge is -2.29. The van der Waals surface area contributed by atoms with Gasteiger partial charge in [0.25, 0.3) is 0 Å². The Bertz CT molecular complexity index is 672. The summed E-state index contributed by atoms with van der Waals surface area (Å²) in [6.07, 6.45) is 3.42. The Hall–Kier alpha value is -1.02. The van der Waals surface area contributed by atoms with Gasteiger partial charge in [0.15, 0.2) is 11.5 Å². The lowest BCUT2D eigenvalue weighted by Crippen LogP contribution is -2.51. The van der Waals surface area contributed by atoms with Gasteiger partial charge in [-0.05, 0) is 12.8 Å². The van der Waals surface area contributed by atoms with Crippen LogP contribution in [0, 0.1) is 0 Å². The minimum atomic E-state index is -3.78. The summed E-state index contributed by atoms with van der Waals surface area (Å²) < 4.78 is 39.0. The standard InChI is InChI=1S/C14H19ClN2O4S/c15-10-7-11-12(21-6-5-20-11)8-13(10)22(18,19)17-14(9-16)3-1-2-4-14/h7-8,17H,1-6,9,16H2. The molecule has 1 aliphatic carbocycles. The second-order valence-corrected chi connectivity index (χ2v) is 7.78. The fourth-order valence-corrected chi connectivity index (χ4v) is 4.99. The van der Waals surface area contributed by atoms with E-state index < -0.39 is 15.6 Å². The summed E-state index contributed by atoms with van der Waals surface area (Å²) in [5.41, 5.74) is 5.22. The van der Waals surface area contributed by atoms with Gasteiger partial charge in [-0.2, -0.15) is 0 Å². The maximum atomic E-state index is 12.7. The van der Waals surface area contributed by atoms with Gasteiger partial charge in [-0.3, -0.25) is 0 Å². The Kier molecular flexibility index (Phi) is 4.24. The van der Waals surface area contributed by atoms with E-state index in [2.05, 4.69) is 4.72 Å². The van der Waals surface area contributed by atoms with Gasteiger partial charge >= 0.3 is 0 Å². The van der Waals surface area contributed by atoms with E-state index in [4.69, 9.17) is 26.8 Å². The molecule has 6 nitrogen and oxygen atoms in total. The number of sulfonamides is 1. The SMILES string of the molecule is NCC1(NS(=O)(=O)c2cc3c(cc2Cl)OCCO3)CCCC1. The molecule has 8 heteroatoms. The highest BCUT2D eigenvalue weighted by Crippen LogP contribution is 2.38. The largest absolute Gasteiger partial charge is 0.486 e. The molecule has 0 saturated heterocycles. The van der Waals surface area contributed by atoms with E-state index in [-0.39, 0.29) is 16.5 Å². The van der Waals surface area contributed by atoms with Crippen molar-refractivity contribution in [1.82, 2.24) is 4.72 Å². The highest BCUT2D eigenvalue weighted by Gasteiger charge is 2.37. The van der Waals surface area contributed by atoms with Crippen molar-refractivity contribution >= 4 is 21.6 Å². The zero-order valence-electron chi connectivity index (χ0n) is 12.1. The number of ether oxygens (including phenoxy) is 2. The monoisotopic (exact) mass is 346 g/mol. The molecule has 0 amide bonds. The molecule has 1 aliphatic heterocycles. The Morgan fingerprint density at radius 2 is 1.77 bits per heavy atom. The molecule has 122 valence electrons. The summed E-state index contributed by atoms with van der Waals surface area (Å²) in [5.74, 6) is 0.855. The summed E-state index contributed by atoms with van der Waals surface area (Å²) in [6, 6.07) is 2.90. The van der Waals surface area contributed by atoms with Crippen LogP contribution in [0.5, 0.6) is 11.5 Å². The molecule has 1 aromatic rings. The second kappa shape index (κ2) is 5.88. The average molecular weight is 347 g/mol. The van der Waals surface area contributed by atoms with Crippen molar-refractivity contribution in [3.05, 3.63) is 17.2 Å². The first-order valence-electron chi connectivity index (χ1n) is 7.29. The molecule has 2 aliphatic rings. The zero-order chi connectivity index (χ0) is 15.8. The van der Waals surface area contributed by atoms with Crippen LogP contribution in [-0.2, 0) is 10.0 Å². The van der Waals surface area contributed by atoms with Crippen LogP contribution in [0.25, 0.3) is 0 Å². The minimum Gasteiger partial charge on any atom is -0.486 e. The summed E-state index contributed by atoms with van der Waals surface area (Å²) in [7, 11) is -3.78. The fraction of sp³-hybridized carbons (Fsp3) is 0.571. The molecule has 1 heterocycles. The van der Waals surface area contributed by atoms with Gasteiger partial charge in [0, 0.05) is 24.2 Å². The van der Waals surface area contributed by atoms with Gasteiger partial charge in [-0.15, -0.1) is 0 Å². The van der Waals surface area contributed by atoms with Crippen LogP contribution >= 0.6 is 11.6 Å². The Balaban J connectivity index is 1.95. The van der Waals surface area contributed by atoms with E-state index >= 15 is 0 Å². The van der Waals surface area contributed by atoms with Crippen molar-refractivity contribution in [2.45, 2.75) is 36.1 Å². The predicted octanol–water partition coefficient (Wildman–Crippen LogP) is 1.66. The lowest BCUT2D eigenvalue weighted by molar-refractivity contribution is 0.171. The van der Waals surface area contributed by atoms with Gasteiger partial charge < -0.3 is 15.2 Å². The number of hydrogen-bond acceptors (Lipinski definition) is 5. The van der Waals surface area contributed by atoms with Gasteiger partial charge in [-0.1, -0.05) is 24.4 Å².